The van der Waals surface area contributed by atoms with Gasteiger partial charge in [-0.25, -0.2) is 9.97 Å². The van der Waals surface area contributed by atoms with Crippen molar-refractivity contribution in [3.8, 4) is 50.5 Å². The molecule has 3 heterocycles. The monoisotopic (exact) mass is 749 g/mol. The predicted octanol–water partition coefficient (Wildman–Crippen LogP) is 14.9. The van der Waals surface area contributed by atoms with Crippen LogP contribution in [-0.2, 0) is 0 Å². The number of rotatable bonds is 5. The first-order valence-electron chi connectivity index (χ1n) is 20.1. The SMILES string of the molecule is c1ccc(-c2ccc3c4ccccc4n(-c4cc(-c5ccc6ccc7ccc(-c8ccccc8)nc7c6n5)cc(-c5cc6ccccc6c6ccccc56)c4)c3c2)cc1. The van der Waals surface area contributed by atoms with Gasteiger partial charge < -0.3 is 4.57 Å². The molecule has 0 aliphatic heterocycles. The highest BCUT2D eigenvalue weighted by molar-refractivity contribution is 6.15. The van der Waals surface area contributed by atoms with Crippen molar-refractivity contribution in [1.29, 1.82) is 0 Å². The molecule has 0 saturated heterocycles. The van der Waals surface area contributed by atoms with Crippen molar-refractivity contribution in [3.05, 3.63) is 212 Å². The molecule has 3 aromatic heterocycles. The van der Waals surface area contributed by atoms with Gasteiger partial charge in [0.05, 0.1) is 33.5 Å². The summed E-state index contributed by atoms with van der Waals surface area (Å²) in [5, 5.41) is 9.51. The van der Waals surface area contributed by atoms with Crippen molar-refractivity contribution in [1.82, 2.24) is 14.5 Å². The summed E-state index contributed by atoms with van der Waals surface area (Å²) < 4.78 is 2.44. The van der Waals surface area contributed by atoms with Crippen LogP contribution in [0.1, 0.15) is 0 Å². The Hall–Kier alpha value is -7.88. The van der Waals surface area contributed by atoms with E-state index in [2.05, 4.69) is 211 Å². The summed E-state index contributed by atoms with van der Waals surface area (Å²) >= 11 is 0. The highest BCUT2D eigenvalue weighted by Crippen LogP contribution is 2.41. The Morgan fingerprint density at radius 2 is 0.847 bits per heavy atom. The minimum absolute atomic E-state index is 0.894. The van der Waals surface area contributed by atoms with E-state index in [-0.39, 0.29) is 0 Å². The Morgan fingerprint density at radius 1 is 0.288 bits per heavy atom. The summed E-state index contributed by atoms with van der Waals surface area (Å²) in [5.74, 6) is 0. The summed E-state index contributed by atoms with van der Waals surface area (Å²) in [7, 11) is 0. The molecule has 0 unspecified atom stereocenters. The first-order chi connectivity index (χ1) is 29.2. The molecule has 0 aliphatic rings. The molecule has 9 aromatic carbocycles. The van der Waals surface area contributed by atoms with Gasteiger partial charge >= 0.3 is 0 Å². The van der Waals surface area contributed by atoms with Gasteiger partial charge in [-0.15, -0.1) is 0 Å². The first kappa shape index (κ1) is 33.3. The third kappa shape index (κ3) is 5.51. The van der Waals surface area contributed by atoms with Gasteiger partial charge in [-0.2, -0.15) is 0 Å². The fraction of sp³-hybridized carbons (Fsp3) is 0. The molecule has 0 bridgehead atoms. The third-order valence-corrected chi connectivity index (χ3v) is 11.9. The Balaban J connectivity index is 1.15. The van der Waals surface area contributed by atoms with Gasteiger partial charge in [0.1, 0.15) is 0 Å². The van der Waals surface area contributed by atoms with Crippen molar-refractivity contribution < 1.29 is 0 Å². The van der Waals surface area contributed by atoms with E-state index in [0.717, 1.165) is 66.6 Å². The van der Waals surface area contributed by atoms with Crippen LogP contribution in [0, 0.1) is 0 Å². The van der Waals surface area contributed by atoms with Crippen molar-refractivity contribution >= 4 is 65.2 Å². The largest absolute Gasteiger partial charge is 0.309 e. The Morgan fingerprint density at radius 3 is 1.59 bits per heavy atom. The van der Waals surface area contributed by atoms with Crippen LogP contribution in [0.15, 0.2) is 212 Å². The maximum absolute atomic E-state index is 5.48. The van der Waals surface area contributed by atoms with E-state index in [1.165, 1.54) is 49.0 Å². The molecular formula is C56H35N3. The van der Waals surface area contributed by atoms with Gasteiger partial charge in [-0.1, -0.05) is 164 Å². The molecule has 0 atom stereocenters. The molecule has 3 heteroatoms. The van der Waals surface area contributed by atoms with Gasteiger partial charge in [-0.3, -0.25) is 0 Å². The van der Waals surface area contributed by atoms with Crippen molar-refractivity contribution in [2.24, 2.45) is 0 Å². The number of fused-ring (bicyclic) bond motifs is 9. The number of pyridine rings is 2. The van der Waals surface area contributed by atoms with Gasteiger partial charge in [0, 0.05) is 38.4 Å². The topological polar surface area (TPSA) is 30.7 Å². The minimum Gasteiger partial charge on any atom is -0.309 e. The van der Waals surface area contributed by atoms with Crippen molar-refractivity contribution in [3.63, 3.8) is 0 Å². The average molecular weight is 750 g/mol. The van der Waals surface area contributed by atoms with Crippen LogP contribution in [0.5, 0.6) is 0 Å². The van der Waals surface area contributed by atoms with E-state index in [1.54, 1.807) is 0 Å². The molecule has 12 rings (SSSR count). The molecule has 0 radical (unpaired) electrons. The molecule has 0 N–H and O–H groups in total. The quantitative estimate of drug-likeness (QED) is 0.164. The first-order valence-corrected chi connectivity index (χ1v) is 20.1. The summed E-state index contributed by atoms with van der Waals surface area (Å²) in [5.41, 5.74) is 13.9. The maximum Gasteiger partial charge on any atom is 0.0972 e. The van der Waals surface area contributed by atoms with Crippen LogP contribution in [-0.4, -0.2) is 14.5 Å². The van der Waals surface area contributed by atoms with Crippen LogP contribution in [0.3, 0.4) is 0 Å². The lowest BCUT2D eigenvalue weighted by Crippen LogP contribution is -1.97. The fourth-order valence-electron chi connectivity index (χ4n) is 9.09. The zero-order chi connectivity index (χ0) is 38.9. The zero-order valence-electron chi connectivity index (χ0n) is 32.0. The van der Waals surface area contributed by atoms with E-state index in [9.17, 15) is 0 Å². The molecule has 0 fully saturated rings. The number of benzene rings is 9. The lowest BCUT2D eigenvalue weighted by atomic mass is 9.92. The molecule has 12 aromatic rings. The normalized spacial score (nSPS) is 11.7. The van der Waals surface area contributed by atoms with E-state index in [4.69, 9.17) is 9.97 Å². The van der Waals surface area contributed by atoms with Crippen LogP contribution >= 0.6 is 0 Å². The number of aromatic nitrogens is 3. The predicted molar refractivity (Wildman–Crippen MR) is 248 cm³/mol. The number of hydrogen-bond donors (Lipinski definition) is 0. The minimum atomic E-state index is 0.894. The zero-order valence-corrected chi connectivity index (χ0v) is 32.0. The lowest BCUT2D eigenvalue weighted by Gasteiger charge is -2.16. The third-order valence-electron chi connectivity index (χ3n) is 11.9. The molecule has 59 heavy (non-hydrogen) atoms. The highest BCUT2D eigenvalue weighted by atomic mass is 15.0. The summed E-state index contributed by atoms with van der Waals surface area (Å²) in [6, 6.07) is 76.5. The Bertz CT molecular complexity index is 3600. The van der Waals surface area contributed by atoms with Crippen LogP contribution in [0.25, 0.3) is 116 Å². The average Bonchev–Trinajstić information content (AvgIpc) is 3.65. The molecular weight excluding hydrogens is 715 g/mol. The molecule has 274 valence electrons. The van der Waals surface area contributed by atoms with Crippen molar-refractivity contribution in [2.75, 3.05) is 0 Å². The summed E-state index contributed by atoms with van der Waals surface area (Å²) in [6.45, 7) is 0. The second-order valence-corrected chi connectivity index (χ2v) is 15.4. The van der Waals surface area contributed by atoms with Crippen LogP contribution in [0.2, 0.25) is 0 Å². The molecule has 0 amide bonds. The molecule has 0 saturated carbocycles. The maximum atomic E-state index is 5.48. The van der Waals surface area contributed by atoms with Crippen LogP contribution < -0.4 is 0 Å². The second kappa shape index (κ2) is 13.4. The van der Waals surface area contributed by atoms with Gasteiger partial charge in [0.15, 0.2) is 0 Å². The Kier molecular flexibility index (Phi) is 7.54. The van der Waals surface area contributed by atoms with E-state index >= 15 is 0 Å². The van der Waals surface area contributed by atoms with E-state index in [1.807, 2.05) is 6.07 Å². The number of hydrogen-bond acceptors (Lipinski definition) is 2. The summed E-state index contributed by atoms with van der Waals surface area (Å²) in [4.78, 5) is 10.7. The highest BCUT2D eigenvalue weighted by Gasteiger charge is 2.18. The fourth-order valence-corrected chi connectivity index (χ4v) is 9.09. The Labute approximate surface area is 341 Å². The molecule has 0 spiro atoms. The number of para-hydroxylation sites is 1. The van der Waals surface area contributed by atoms with Crippen LogP contribution in [0.4, 0.5) is 0 Å². The second-order valence-electron chi connectivity index (χ2n) is 15.4. The molecule has 0 aliphatic carbocycles. The van der Waals surface area contributed by atoms with E-state index < -0.39 is 0 Å². The lowest BCUT2D eigenvalue weighted by molar-refractivity contribution is 1.18. The molecule has 3 nitrogen and oxygen atoms in total. The summed E-state index contributed by atoms with van der Waals surface area (Å²) in [6.07, 6.45) is 0. The number of nitrogens with zero attached hydrogens (tertiary/aromatic N) is 3. The standard InChI is InChI=1S/C56H35N3/c1-3-13-36(14-4-1)40-25-28-49-48-21-11-12-22-53(48)59(54(49)35-40)44-32-42(50-34-41-17-7-8-18-45(41)46-19-9-10-20-47(46)50)31-43(33-44)52-30-27-39-24-23-38-26-29-51(37-15-5-2-6-16-37)57-55(38)56(39)58-52/h1-35H. The van der Waals surface area contributed by atoms with E-state index in [0.29, 0.717) is 0 Å². The van der Waals surface area contributed by atoms with Crippen molar-refractivity contribution in [2.45, 2.75) is 0 Å². The van der Waals surface area contributed by atoms with Gasteiger partial charge in [-0.05, 0) is 92.3 Å². The smallest absolute Gasteiger partial charge is 0.0972 e. The van der Waals surface area contributed by atoms with Gasteiger partial charge in [0.25, 0.3) is 0 Å². The van der Waals surface area contributed by atoms with Gasteiger partial charge in [0.2, 0.25) is 0 Å².